The zero-order chi connectivity index (χ0) is 23.3. The number of hydrogen-bond acceptors (Lipinski definition) is 9. The van der Waals surface area contributed by atoms with Gasteiger partial charge in [0.15, 0.2) is 5.69 Å². The van der Waals surface area contributed by atoms with Crippen LogP contribution in [-0.4, -0.2) is 51.7 Å². The number of nitrogens with one attached hydrogen (secondary N) is 1. The molecule has 0 aliphatic rings. The molecule has 1 atom stereocenters. The zero-order valence-electron chi connectivity index (χ0n) is 17.6. The maximum Gasteiger partial charge on any atom is 0.325 e. The van der Waals surface area contributed by atoms with Gasteiger partial charge in [0.1, 0.15) is 17.5 Å². The summed E-state index contributed by atoms with van der Waals surface area (Å²) >= 11 is 1.93. The monoisotopic (exact) mass is 467 g/mol. The summed E-state index contributed by atoms with van der Waals surface area (Å²) in [5, 5.41) is 4.60. The van der Waals surface area contributed by atoms with Gasteiger partial charge in [-0.1, -0.05) is 6.07 Å². The highest BCUT2D eigenvalue weighted by molar-refractivity contribution is 7.10. The molecule has 0 aromatic carbocycles. The number of anilines is 1. The van der Waals surface area contributed by atoms with Gasteiger partial charge in [-0.05, 0) is 50.7 Å². The molecule has 0 saturated carbocycles. The smallest absolute Gasteiger partial charge is 0.325 e. The Morgan fingerprint density at radius 1 is 1.29 bits per heavy atom. The van der Waals surface area contributed by atoms with Gasteiger partial charge in [0.05, 0.1) is 12.3 Å². The molecule has 0 aliphatic heterocycles. The molecule has 0 bridgehead atoms. The molecule has 2 aromatic rings. The highest BCUT2D eigenvalue weighted by Gasteiger charge is 2.37. The van der Waals surface area contributed by atoms with Gasteiger partial charge < -0.3 is 26.4 Å². The van der Waals surface area contributed by atoms with E-state index in [1.165, 1.54) is 11.3 Å². The fourth-order valence-electron chi connectivity index (χ4n) is 2.69. The Kier molecular flexibility index (Phi) is 7.74. The van der Waals surface area contributed by atoms with E-state index < -0.39 is 41.8 Å². The lowest BCUT2D eigenvalue weighted by atomic mass is 10.1. The number of primary amides is 1. The van der Waals surface area contributed by atoms with E-state index in [0.717, 1.165) is 4.90 Å². The Morgan fingerprint density at radius 2 is 1.97 bits per heavy atom. The third-order valence-electron chi connectivity index (χ3n) is 3.89. The number of thiophene rings is 1. The minimum atomic E-state index is -1.13. The summed E-state index contributed by atoms with van der Waals surface area (Å²) in [6.07, 6.45) is 0. The quantitative estimate of drug-likeness (QED) is 0.497. The van der Waals surface area contributed by atoms with Gasteiger partial charge in [-0.15, -0.1) is 11.3 Å². The van der Waals surface area contributed by atoms with E-state index in [2.05, 4.69) is 9.69 Å². The van der Waals surface area contributed by atoms with Crippen LogP contribution < -0.4 is 16.8 Å². The second-order valence-electron chi connectivity index (χ2n) is 7.53. The van der Waals surface area contributed by atoms with Crippen molar-refractivity contribution in [2.45, 2.75) is 39.3 Å². The first-order chi connectivity index (χ1) is 14.5. The van der Waals surface area contributed by atoms with Gasteiger partial charge in [-0.3, -0.25) is 19.2 Å². The predicted molar refractivity (Wildman–Crippen MR) is 118 cm³/mol. The van der Waals surface area contributed by atoms with Crippen LogP contribution in [0, 0.1) is 0 Å². The van der Waals surface area contributed by atoms with Crippen molar-refractivity contribution in [2.24, 2.45) is 5.73 Å². The fourth-order valence-corrected chi connectivity index (χ4v) is 4.29. The average molecular weight is 468 g/mol. The van der Waals surface area contributed by atoms with Crippen molar-refractivity contribution >= 4 is 52.2 Å². The summed E-state index contributed by atoms with van der Waals surface area (Å²) in [6.45, 7) is 6.63. The van der Waals surface area contributed by atoms with E-state index in [4.69, 9.17) is 16.2 Å². The molecule has 12 heteroatoms. The summed E-state index contributed by atoms with van der Waals surface area (Å²) < 4.78 is 8.84. The first kappa shape index (κ1) is 24.3. The molecule has 168 valence electrons. The molecule has 10 nitrogen and oxygen atoms in total. The van der Waals surface area contributed by atoms with Gasteiger partial charge in [0, 0.05) is 10.4 Å². The van der Waals surface area contributed by atoms with Crippen molar-refractivity contribution in [1.82, 2.24) is 14.6 Å². The third kappa shape index (κ3) is 6.01. The number of nitrogens with zero attached hydrogens (tertiary/aromatic N) is 2. The maximum absolute atomic E-state index is 13.4. The molecule has 0 unspecified atom stereocenters. The predicted octanol–water partition coefficient (Wildman–Crippen LogP) is 1.55. The number of esters is 1. The van der Waals surface area contributed by atoms with Gasteiger partial charge in [-0.2, -0.15) is 4.37 Å². The first-order valence-electron chi connectivity index (χ1n) is 9.33. The molecule has 5 N–H and O–H groups in total. The van der Waals surface area contributed by atoms with E-state index in [0.29, 0.717) is 16.4 Å². The van der Waals surface area contributed by atoms with Crippen LogP contribution in [0.1, 0.15) is 58.8 Å². The van der Waals surface area contributed by atoms with E-state index in [1.54, 1.807) is 45.2 Å². The number of nitrogen functional groups attached to an aromatic ring is 1. The highest BCUT2D eigenvalue weighted by Crippen LogP contribution is 2.31. The third-order valence-corrected chi connectivity index (χ3v) is 5.67. The molecular weight excluding hydrogens is 442 g/mol. The van der Waals surface area contributed by atoms with Crippen molar-refractivity contribution in [1.29, 1.82) is 0 Å². The number of aromatic nitrogens is 1. The number of rotatable bonds is 8. The lowest BCUT2D eigenvalue weighted by Crippen LogP contribution is -2.50. The molecule has 2 rings (SSSR count). The molecule has 0 fully saturated rings. The van der Waals surface area contributed by atoms with Crippen LogP contribution in [0.4, 0.5) is 5.69 Å². The number of ether oxygens (including phenoxy) is 1. The second-order valence-corrected chi connectivity index (χ2v) is 9.29. The standard InChI is InChI=1S/C19H25N5O5S2/c1-5-29-11(25)9-24(18(28)15-12(20)13(16(21)26)23-31-15)14(10-7-6-8-30-10)17(27)22-19(2,3)4/h6-8,14H,5,9,20H2,1-4H3,(H2,21,26)(H,22,27)/t14-/m1/s1. The molecule has 0 saturated heterocycles. The maximum atomic E-state index is 13.4. The first-order valence-corrected chi connectivity index (χ1v) is 11.0. The van der Waals surface area contributed by atoms with Crippen LogP contribution >= 0.6 is 22.9 Å². The van der Waals surface area contributed by atoms with Crippen molar-refractivity contribution in [3.05, 3.63) is 33.0 Å². The molecule has 2 aromatic heterocycles. The molecule has 0 aliphatic carbocycles. The lowest BCUT2D eigenvalue weighted by molar-refractivity contribution is -0.145. The number of carbonyl (C=O) groups is 4. The Morgan fingerprint density at radius 3 is 2.45 bits per heavy atom. The van der Waals surface area contributed by atoms with E-state index in [1.807, 2.05) is 0 Å². The van der Waals surface area contributed by atoms with E-state index in [9.17, 15) is 19.2 Å². The molecule has 31 heavy (non-hydrogen) atoms. The average Bonchev–Trinajstić information content (AvgIpc) is 3.29. The lowest BCUT2D eigenvalue weighted by Gasteiger charge is -2.32. The molecule has 0 spiro atoms. The van der Waals surface area contributed by atoms with Crippen LogP contribution in [0.5, 0.6) is 0 Å². The van der Waals surface area contributed by atoms with Gasteiger partial charge in [-0.25, -0.2) is 0 Å². The molecular formula is C19H25N5O5S2. The Balaban J connectivity index is 2.55. The number of nitrogens with two attached hydrogens (primary N) is 2. The van der Waals surface area contributed by atoms with Crippen molar-refractivity contribution in [3.63, 3.8) is 0 Å². The summed E-state index contributed by atoms with van der Waals surface area (Å²) in [6, 6.07) is 2.29. The topological polar surface area (TPSA) is 158 Å². The van der Waals surface area contributed by atoms with Gasteiger partial charge in [0.2, 0.25) is 5.91 Å². The highest BCUT2D eigenvalue weighted by atomic mass is 32.1. The van der Waals surface area contributed by atoms with Crippen molar-refractivity contribution in [3.8, 4) is 0 Å². The largest absolute Gasteiger partial charge is 0.465 e. The number of carbonyl (C=O) groups excluding carboxylic acids is 4. The summed E-state index contributed by atoms with van der Waals surface area (Å²) in [7, 11) is 0. The number of amides is 3. The minimum Gasteiger partial charge on any atom is -0.465 e. The molecule has 0 radical (unpaired) electrons. The van der Waals surface area contributed by atoms with Crippen LogP contribution in [0.25, 0.3) is 0 Å². The summed E-state index contributed by atoms with van der Waals surface area (Å²) in [4.78, 5) is 52.0. The van der Waals surface area contributed by atoms with Crippen LogP contribution in [-0.2, 0) is 14.3 Å². The Labute approximate surface area is 187 Å². The van der Waals surface area contributed by atoms with Gasteiger partial charge in [0.25, 0.3) is 11.8 Å². The van der Waals surface area contributed by atoms with Crippen LogP contribution in [0.15, 0.2) is 17.5 Å². The Bertz CT molecular complexity index is 965. The molecule has 3 amide bonds. The second kappa shape index (κ2) is 9.88. The van der Waals surface area contributed by atoms with Crippen LogP contribution in [0.3, 0.4) is 0 Å². The van der Waals surface area contributed by atoms with Crippen molar-refractivity contribution in [2.75, 3.05) is 18.9 Å². The summed E-state index contributed by atoms with van der Waals surface area (Å²) in [5.41, 5.74) is 10.1. The van der Waals surface area contributed by atoms with Crippen LogP contribution in [0.2, 0.25) is 0 Å². The minimum absolute atomic E-state index is 0.0942. The normalized spacial score (nSPS) is 12.1. The van der Waals surface area contributed by atoms with E-state index >= 15 is 0 Å². The number of hydrogen-bond donors (Lipinski definition) is 3. The fraction of sp³-hybridized carbons (Fsp3) is 0.421. The zero-order valence-corrected chi connectivity index (χ0v) is 19.3. The Hall–Kier alpha value is -2.99. The van der Waals surface area contributed by atoms with E-state index in [-0.39, 0.29) is 22.9 Å². The molecule has 2 heterocycles. The SMILES string of the molecule is CCOC(=O)CN(C(=O)c1snc(C(N)=O)c1N)[C@@H](C(=O)NC(C)(C)C)c1cccs1. The van der Waals surface area contributed by atoms with Crippen molar-refractivity contribution < 1.29 is 23.9 Å². The summed E-state index contributed by atoms with van der Waals surface area (Å²) in [5.74, 6) is -2.80. The van der Waals surface area contributed by atoms with Gasteiger partial charge >= 0.3 is 5.97 Å².